The fourth-order valence-electron chi connectivity index (χ4n) is 24.3. The van der Waals surface area contributed by atoms with Crippen LogP contribution in [0.5, 0.6) is 0 Å². The molecular formula is C115H170FN7O. The summed E-state index contributed by atoms with van der Waals surface area (Å²) in [7, 11) is 0. The van der Waals surface area contributed by atoms with Gasteiger partial charge in [-0.15, -0.1) is 12.3 Å². The molecule has 0 radical (unpaired) electrons. The second-order valence-electron chi connectivity index (χ2n) is 47.7. The number of amides is 1. The monoisotopic (exact) mass is 1680 g/mol. The van der Waals surface area contributed by atoms with E-state index in [9.17, 15) is 9.18 Å². The lowest BCUT2D eigenvalue weighted by Crippen LogP contribution is -2.41. The first kappa shape index (κ1) is 95.6. The van der Waals surface area contributed by atoms with Crippen molar-refractivity contribution in [2.24, 2.45) is 23.0 Å². The maximum Gasteiger partial charge on any atom is 0.220 e. The average Bonchev–Trinajstić information content (AvgIpc) is 1.68. The maximum absolute atomic E-state index is 14.1. The molecule has 6 aliphatic carbocycles. The highest BCUT2D eigenvalue weighted by molar-refractivity contribution is 5.76. The van der Waals surface area contributed by atoms with Crippen molar-refractivity contribution in [2.75, 3.05) is 39.3 Å². The smallest absolute Gasteiger partial charge is 0.220 e. The first-order valence-electron chi connectivity index (χ1n) is 50.1. The number of hydrogen-bond donors (Lipinski definition) is 1. The Kier molecular flexibility index (Phi) is 30.1. The lowest BCUT2D eigenvalue weighted by Gasteiger charge is -2.40. The van der Waals surface area contributed by atoms with Gasteiger partial charge in [0.15, 0.2) is 0 Å². The molecule has 0 bridgehead atoms. The highest BCUT2D eigenvalue weighted by Crippen LogP contribution is 2.58. The summed E-state index contributed by atoms with van der Waals surface area (Å²) in [6, 6.07) is 57.8. The van der Waals surface area contributed by atoms with Crippen LogP contribution in [0.3, 0.4) is 0 Å². The number of halogens is 1. The molecule has 9 heteroatoms. The number of nitrogens with zero attached hydrogens (tertiary/aromatic N) is 6. The van der Waals surface area contributed by atoms with Gasteiger partial charge in [-0.2, -0.15) is 0 Å². The molecule has 6 aromatic carbocycles. The van der Waals surface area contributed by atoms with E-state index in [1.165, 1.54) is 201 Å². The number of carbonyl (C=O) groups excluding carboxylic acids is 1. The normalized spacial score (nSPS) is 28.7. The SMILES string of the molecule is C#CC1CC1c1ccccc1C1CCCN1C(C)(C)C.CC(C)(C)N1CCC[C@@H]1c1ccccc1C1CC1.CC(C)(C)N1CCC[C@@H]1c1ccccc1C1CCC(C(N)=O)CC1.CC1(C)CCC(c2ccccc2[C@@H]2CCCN2C(C)(C)C)CC1.CC1(F)CC1c1ccccc1C1CCCN1C(C)(C)C.CC1(c2ccccc2C2CCCN2C(C)(C)C)CC1. The van der Waals surface area contributed by atoms with Crippen molar-refractivity contribution >= 4 is 5.91 Å². The number of primary amides is 1. The minimum atomic E-state index is -0.985. The van der Waals surface area contributed by atoms with Crippen LogP contribution in [0.2, 0.25) is 0 Å². The molecule has 1 amide bonds. The van der Waals surface area contributed by atoms with Crippen LogP contribution in [-0.4, -0.2) is 113 Å². The van der Waals surface area contributed by atoms with Crippen LogP contribution in [-0.2, 0) is 10.2 Å². The zero-order valence-electron chi connectivity index (χ0n) is 82.1. The fourth-order valence-corrected chi connectivity index (χ4v) is 24.3. The molecule has 6 aliphatic heterocycles. The van der Waals surface area contributed by atoms with E-state index in [-0.39, 0.29) is 51.0 Å². The van der Waals surface area contributed by atoms with Gasteiger partial charge in [-0.05, 0) is 439 Å². The fraction of sp³-hybridized carbons (Fsp3) is 0.661. The zero-order chi connectivity index (χ0) is 89.3. The van der Waals surface area contributed by atoms with Gasteiger partial charge < -0.3 is 5.73 Å². The molecule has 10 atom stereocenters. The van der Waals surface area contributed by atoms with E-state index in [2.05, 4.69) is 326 Å². The second-order valence-corrected chi connectivity index (χ2v) is 47.7. The van der Waals surface area contributed by atoms with Gasteiger partial charge in [-0.25, -0.2) is 4.39 Å². The van der Waals surface area contributed by atoms with E-state index in [4.69, 9.17) is 12.2 Å². The Morgan fingerprint density at radius 2 is 0.597 bits per heavy atom. The Morgan fingerprint density at radius 1 is 0.347 bits per heavy atom. The lowest BCUT2D eigenvalue weighted by atomic mass is 9.70. The third-order valence-corrected chi connectivity index (χ3v) is 31.7. The van der Waals surface area contributed by atoms with Crippen molar-refractivity contribution in [3.05, 3.63) is 212 Å². The van der Waals surface area contributed by atoms with Gasteiger partial charge in [0, 0.05) is 87.2 Å². The van der Waals surface area contributed by atoms with Gasteiger partial charge in [-0.3, -0.25) is 34.2 Å². The molecular weight excluding hydrogens is 1510 g/mol. The van der Waals surface area contributed by atoms with Gasteiger partial charge in [0.1, 0.15) is 5.67 Å². The number of hydrogen-bond acceptors (Lipinski definition) is 7. The Bertz CT molecular complexity index is 4510. The van der Waals surface area contributed by atoms with Crippen LogP contribution >= 0.6 is 0 Å². The van der Waals surface area contributed by atoms with Crippen LogP contribution in [0.4, 0.5) is 4.39 Å². The Hall–Kier alpha value is -5.96. The highest BCUT2D eigenvalue weighted by Gasteiger charge is 2.54. The third kappa shape index (κ3) is 23.2. The van der Waals surface area contributed by atoms with Crippen molar-refractivity contribution in [2.45, 2.75) is 429 Å². The molecule has 18 rings (SSSR count). The second kappa shape index (κ2) is 39.0. The number of alkyl halides is 1. The van der Waals surface area contributed by atoms with Gasteiger partial charge in [-0.1, -0.05) is 166 Å². The van der Waals surface area contributed by atoms with Gasteiger partial charge in [0.2, 0.25) is 5.91 Å². The first-order valence-corrected chi connectivity index (χ1v) is 50.1. The summed E-state index contributed by atoms with van der Waals surface area (Å²) in [5.41, 5.74) is 25.5. The molecule has 0 spiro atoms. The standard InChI is InChI=1S/C22H35N.C21H32N2O.C19H25N.C18H26FN.C18H27N.C17H25N/c1-21(2,3)23-16-8-11-20(23)19-10-7-6-9-18(19)17-12-14-22(4,5)15-13-17;1-21(2,3)23-14-6-9-19(23)18-8-5-4-7-17(18)15-10-12-16(13-11-15)20(22)24;1-5-14-13-17(14)15-9-6-7-10-16(15)18-11-8-12-20(18)19(2,3)4;1-17(2,3)20-11-7-10-16(20)14-9-6-5-8-13(14)15-12-18(15,4)19;1-17(2,3)19-13-7-10-16(19)14-8-5-6-9-15(14)18(4)11-12-18;1-17(2,3)18-12-6-9-16(18)15-8-5-4-7-14(15)13-10-11-13/h6-7,9-10,17,20H,8,11-16H2,1-5H3;4-5,7-8,15-16,19H,6,9-14H2,1-3H3,(H2,22,24);1,6-7,9-10,14,17-18H,8,11-13H2,2-4H3;5-6,8-9,15-16H,7,10-12H2,1-4H3;5-6,8-9,16H,7,10-13H2,1-4H3;4-5,7-8,13,16H,6,9-12H2,1-3H3/t20-;15?,16?,19-;;;;16-/m01...1/s1. The van der Waals surface area contributed by atoms with Gasteiger partial charge in [0.05, 0.1) is 0 Å². The van der Waals surface area contributed by atoms with E-state index in [0.29, 0.717) is 71.3 Å². The molecule has 124 heavy (non-hydrogen) atoms. The predicted molar refractivity (Wildman–Crippen MR) is 523 cm³/mol. The van der Waals surface area contributed by atoms with E-state index in [1.54, 1.807) is 40.3 Å². The summed E-state index contributed by atoms with van der Waals surface area (Å²) in [5.74, 6) is 6.33. The molecule has 8 nitrogen and oxygen atoms in total. The molecule has 6 heterocycles. The highest BCUT2D eigenvalue weighted by atomic mass is 19.1. The van der Waals surface area contributed by atoms with Crippen molar-refractivity contribution in [1.29, 1.82) is 0 Å². The van der Waals surface area contributed by atoms with Crippen LogP contribution in [0.1, 0.15) is 452 Å². The molecule has 2 N–H and O–H groups in total. The van der Waals surface area contributed by atoms with Crippen molar-refractivity contribution in [3.63, 3.8) is 0 Å². The van der Waals surface area contributed by atoms with Crippen LogP contribution < -0.4 is 5.73 Å². The number of benzene rings is 6. The van der Waals surface area contributed by atoms with E-state index < -0.39 is 5.67 Å². The summed E-state index contributed by atoms with van der Waals surface area (Å²) >= 11 is 0. The molecule has 6 saturated carbocycles. The van der Waals surface area contributed by atoms with E-state index >= 15 is 0 Å². The number of likely N-dealkylation sites (tertiary alicyclic amines) is 6. The average molecular weight is 1690 g/mol. The minimum Gasteiger partial charge on any atom is -0.369 e. The molecule has 12 aliphatic rings. The molecule has 6 saturated heterocycles. The summed E-state index contributed by atoms with van der Waals surface area (Å²) in [5, 5.41) is 0. The first-order chi connectivity index (χ1) is 58.5. The third-order valence-electron chi connectivity index (χ3n) is 31.7. The van der Waals surface area contributed by atoms with E-state index in [0.717, 1.165) is 44.1 Å². The quantitative estimate of drug-likeness (QED) is 0.116. The van der Waals surface area contributed by atoms with Crippen LogP contribution in [0.15, 0.2) is 146 Å². The van der Waals surface area contributed by atoms with E-state index in [1.807, 2.05) is 0 Å². The lowest BCUT2D eigenvalue weighted by molar-refractivity contribution is -0.122. The molecule has 6 aromatic rings. The summed E-state index contributed by atoms with van der Waals surface area (Å²) in [4.78, 5) is 27.5. The topological polar surface area (TPSA) is 62.5 Å². The summed E-state index contributed by atoms with van der Waals surface area (Å²) in [6.45, 7) is 58.4. The Labute approximate surface area is 756 Å². The molecule has 678 valence electrons. The van der Waals surface area contributed by atoms with Gasteiger partial charge >= 0.3 is 0 Å². The number of terminal acetylenes is 1. The predicted octanol–water partition coefficient (Wildman–Crippen LogP) is 29.1. The molecule has 0 aromatic heterocycles. The largest absolute Gasteiger partial charge is 0.369 e. The Balaban J connectivity index is 0.000000128. The number of rotatable bonds is 13. The zero-order valence-corrected chi connectivity index (χ0v) is 82.1. The number of carbonyl (C=O) groups is 1. The molecule has 7 unspecified atom stereocenters. The maximum atomic E-state index is 14.1. The van der Waals surface area contributed by atoms with Crippen LogP contribution in [0, 0.1) is 29.6 Å². The van der Waals surface area contributed by atoms with Gasteiger partial charge in [0.25, 0.3) is 0 Å². The van der Waals surface area contributed by atoms with Crippen LogP contribution in [0.25, 0.3) is 0 Å². The van der Waals surface area contributed by atoms with Crippen molar-refractivity contribution in [1.82, 2.24) is 29.4 Å². The number of nitrogens with two attached hydrogens (primary N) is 1. The van der Waals surface area contributed by atoms with Crippen molar-refractivity contribution in [3.8, 4) is 12.3 Å². The minimum absolute atomic E-state index is 0.0889. The Morgan fingerprint density at radius 3 is 0.871 bits per heavy atom. The molecule has 12 fully saturated rings. The summed E-state index contributed by atoms with van der Waals surface area (Å²) in [6.07, 6.45) is 38.1. The van der Waals surface area contributed by atoms with Crippen molar-refractivity contribution < 1.29 is 9.18 Å². The summed E-state index contributed by atoms with van der Waals surface area (Å²) < 4.78 is 14.1.